The molecular formula is C15H23N3O. The molecule has 1 aliphatic rings. The zero-order chi connectivity index (χ0) is 13.7. The minimum Gasteiger partial charge on any atom is -0.380 e. The molecule has 4 heteroatoms. The van der Waals surface area contributed by atoms with Gasteiger partial charge in [0, 0.05) is 24.3 Å². The fourth-order valence-corrected chi connectivity index (χ4v) is 2.39. The van der Waals surface area contributed by atoms with E-state index in [2.05, 4.69) is 34.1 Å². The van der Waals surface area contributed by atoms with E-state index in [0.29, 0.717) is 12.6 Å². The summed E-state index contributed by atoms with van der Waals surface area (Å²) >= 11 is 0. The molecule has 0 saturated heterocycles. The lowest BCUT2D eigenvalue weighted by molar-refractivity contribution is 0.238. The summed E-state index contributed by atoms with van der Waals surface area (Å²) in [5.74, 6) is 0. The van der Waals surface area contributed by atoms with E-state index in [4.69, 9.17) is 0 Å². The number of hydrogen-bond acceptors (Lipinski definition) is 2. The van der Waals surface area contributed by atoms with Crippen molar-refractivity contribution in [2.45, 2.75) is 45.2 Å². The first-order valence-electron chi connectivity index (χ1n) is 7.04. The van der Waals surface area contributed by atoms with Gasteiger partial charge in [-0.05, 0) is 44.7 Å². The van der Waals surface area contributed by atoms with Gasteiger partial charge in [-0.3, -0.25) is 0 Å². The van der Waals surface area contributed by atoms with Crippen molar-refractivity contribution >= 4 is 11.7 Å². The number of benzene rings is 1. The molecule has 1 unspecified atom stereocenters. The molecule has 0 aromatic heterocycles. The second-order valence-electron chi connectivity index (χ2n) is 5.40. The topological polar surface area (TPSA) is 53.2 Å². The highest BCUT2D eigenvalue weighted by Gasteiger charge is 2.16. The fourth-order valence-electron chi connectivity index (χ4n) is 2.39. The van der Waals surface area contributed by atoms with Gasteiger partial charge in [-0.1, -0.05) is 18.2 Å². The Balaban J connectivity index is 1.87. The minimum absolute atomic E-state index is 0.0886. The molecule has 1 aliphatic heterocycles. The summed E-state index contributed by atoms with van der Waals surface area (Å²) in [6, 6.07) is 8.80. The summed E-state index contributed by atoms with van der Waals surface area (Å²) in [6.07, 6.45) is 3.34. The third-order valence-corrected chi connectivity index (χ3v) is 3.30. The number of aryl methyl sites for hydroxylation is 1. The van der Waals surface area contributed by atoms with Gasteiger partial charge in [-0.2, -0.15) is 0 Å². The molecule has 1 aromatic rings. The van der Waals surface area contributed by atoms with Gasteiger partial charge < -0.3 is 16.0 Å². The van der Waals surface area contributed by atoms with Crippen LogP contribution in [-0.2, 0) is 6.42 Å². The summed E-state index contributed by atoms with van der Waals surface area (Å²) in [5.41, 5.74) is 2.58. The number of para-hydroxylation sites is 1. The number of nitrogens with one attached hydrogen (secondary N) is 3. The van der Waals surface area contributed by atoms with Crippen molar-refractivity contribution < 1.29 is 4.79 Å². The number of urea groups is 1. The third kappa shape index (κ3) is 4.16. The second kappa shape index (κ2) is 6.45. The zero-order valence-corrected chi connectivity index (χ0v) is 11.7. The highest BCUT2D eigenvalue weighted by atomic mass is 16.2. The van der Waals surface area contributed by atoms with Gasteiger partial charge in [0.25, 0.3) is 0 Å². The Morgan fingerprint density at radius 3 is 3.00 bits per heavy atom. The van der Waals surface area contributed by atoms with Crippen molar-refractivity contribution in [2.75, 3.05) is 11.9 Å². The Bertz CT molecular complexity index is 431. The second-order valence-corrected chi connectivity index (χ2v) is 5.40. The van der Waals surface area contributed by atoms with Crippen LogP contribution in [0.25, 0.3) is 0 Å². The molecular weight excluding hydrogens is 238 g/mol. The predicted octanol–water partition coefficient (Wildman–Crippen LogP) is 2.51. The van der Waals surface area contributed by atoms with E-state index >= 15 is 0 Å². The number of hydrogen-bond donors (Lipinski definition) is 3. The summed E-state index contributed by atoms with van der Waals surface area (Å²) in [7, 11) is 0. The van der Waals surface area contributed by atoms with Crippen molar-refractivity contribution in [3.63, 3.8) is 0 Å². The SMILES string of the molecule is CC(C)NC(=O)NCC1CCCc2ccccc2N1. The van der Waals surface area contributed by atoms with Crippen molar-refractivity contribution in [1.29, 1.82) is 0 Å². The van der Waals surface area contributed by atoms with Crippen LogP contribution in [0.4, 0.5) is 10.5 Å². The Labute approximate surface area is 115 Å². The summed E-state index contributed by atoms with van der Waals surface area (Å²) in [4.78, 5) is 11.6. The van der Waals surface area contributed by atoms with Gasteiger partial charge in [-0.25, -0.2) is 4.79 Å². The van der Waals surface area contributed by atoms with Crippen LogP contribution in [0.5, 0.6) is 0 Å². The Morgan fingerprint density at radius 2 is 2.21 bits per heavy atom. The first-order chi connectivity index (χ1) is 9.15. The average Bonchev–Trinajstić information content (AvgIpc) is 2.57. The Kier molecular flexibility index (Phi) is 4.66. The molecule has 2 amide bonds. The number of amides is 2. The molecule has 0 bridgehead atoms. The Hall–Kier alpha value is -1.71. The number of rotatable bonds is 3. The summed E-state index contributed by atoms with van der Waals surface area (Å²) in [5, 5.41) is 9.29. The normalized spacial score (nSPS) is 18.2. The molecule has 0 fully saturated rings. The lowest BCUT2D eigenvalue weighted by Crippen LogP contribution is -2.44. The van der Waals surface area contributed by atoms with Crippen molar-refractivity contribution in [2.24, 2.45) is 0 Å². The minimum atomic E-state index is -0.0886. The maximum absolute atomic E-state index is 11.6. The van der Waals surface area contributed by atoms with Gasteiger partial charge in [0.1, 0.15) is 0 Å². The standard InChI is InChI=1S/C15H23N3O/c1-11(2)17-15(19)16-10-13-8-5-7-12-6-3-4-9-14(12)18-13/h3-4,6,9,11,13,18H,5,7-8,10H2,1-2H3,(H2,16,17,19). The third-order valence-electron chi connectivity index (χ3n) is 3.30. The van der Waals surface area contributed by atoms with E-state index in [-0.39, 0.29) is 12.1 Å². The van der Waals surface area contributed by atoms with E-state index in [0.717, 1.165) is 19.3 Å². The Morgan fingerprint density at radius 1 is 1.42 bits per heavy atom. The van der Waals surface area contributed by atoms with E-state index < -0.39 is 0 Å². The van der Waals surface area contributed by atoms with Crippen molar-refractivity contribution in [3.8, 4) is 0 Å². The molecule has 4 nitrogen and oxygen atoms in total. The molecule has 3 N–H and O–H groups in total. The maximum Gasteiger partial charge on any atom is 0.315 e. The molecule has 0 aliphatic carbocycles. The molecule has 0 radical (unpaired) electrons. The van der Waals surface area contributed by atoms with Gasteiger partial charge in [0.15, 0.2) is 0 Å². The summed E-state index contributed by atoms with van der Waals surface area (Å²) < 4.78 is 0. The predicted molar refractivity (Wildman–Crippen MR) is 78.5 cm³/mol. The molecule has 1 atom stereocenters. The van der Waals surface area contributed by atoms with E-state index in [1.807, 2.05) is 19.9 Å². The number of fused-ring (bicyclic) bond motifs is 1. The van der Waals surface area contributed by atoms with Gasteiger partial charge >= 0.3 is 6.03 Å². The highest BCUT2D eigenvalue weighted by Crippen LogP contribution is 2.23. The number of anilines is 1. The van der Waals surface area contributed by atoms with Crippen LogP contribution < -0.4 is 16.0 Å². The van der Waals surface area contributed by atoms with Gasteiger partial charge in [0.05, 0.1) is 0 Å². The molecule has 0 saturated carbocycles. The van der Waals surface area contributed by atoms with E-state index in [1.54, 1.807) is 0 Å². The van der Waals surface area contributed by atoms with Crippen molar-refractivity contribution in [1.82, 2.24) is 10.6 Å². The maximum atomic E-state index is 11.6. The highest BCUT2D eigenvalue weighted by molar-refractivity contribution is 5.74. The van der Waals surface area contributed by atoms with Gasteiger partial charge in [0.2, 0.25) is 0 Å². The quantitative estimate of drug-likeness (QED) is 0.783. The molecule has 104 valence electrons. The average molecular weight is 261 g/mol. The van der Waals surface area contributed by atoms with Crippen molar-refractivity contribution in [3.05, 3.63) is 29.8 Å². The number of carbonyl (C=O) groups is 1. The fraction of sp³-hybridized carbons (Fsp3) is 0.533. The molecule has 1 heterocycles. The van der Waals surface area contributed by atoms with Crippen LogP contribution in [0.1, 0.15) is 32.3 Å². The molecule has 0 spiro atoms. The van der Waals surface area contributed by atoms with Crippen LogP contribution in [0.2, 0.25) is 0 Å². The molecule has 2 rings (SSSR count). The zero-order valence-electron chi connectivity index (χ0n) is 11.7. The van der Waals surface area contributed by atoms with Crippen LogP contribution in [0, 0.1) is 0 Å². The van der Waals surface area contributed by atoms with Crippen LogP contribution >= 0.6 is 0 Å². The lowest BCUT2D eigenvalue weighted by Gasteiger charge is -2.19. The number of carbonyl (C=O) groups excluding carboxylic acids is 1. The lowest BCUT2D eigenvalue weighted by atomic mass is 10.1. The first kappa shape index (κ1) is 13.7. The van der Waals surface area contributed by atoms with Crippen LogP contribution in [0.15, 0.2) is 24.3 Å². The van der Waals surface area contributed by atoms with E-state index in [1.165, 1.54) is 11.3 Å². The van der Waals surface area contributed by atoms with E-state index in [9.17, 15) is 4.79 Å². The summed E-state index contributed by atoms with van der Waals surface area (Å²) in [6.45, 7) is 4.58. The first-order valence-corrected chi connectivity index (χ1v) is 7.04. The molecule has 1 aromatic carbocycles. The smallest absolute Gasteiger partial charge is 0.315 e. The largest absolute Gasteiger partial charge is 0.380 e. The van der Waals surface area contributed by atoms with Gasteiger partial charge in [-0.15, -0.1) is 0 Å². The van der Waals surface area contributed by atoms with Crippen LogP contribution in [0.3, 0.4) is 0 Å². The monoisotopic (exact) mass is 261 g/mol. The molecule has 19 heavy (non-hydrogen) atoms. The van der Waals surface area contributed by atoms with Crippen LogP contribution in [-0.4, -0.2) is 24.7 Å².